The Balaban J connectivity index is 1.83. The molecule has 0 aliphatic carbocycles. The number of halogens is 1. The highest BCUT2D eigenvalue weighted by Crippen LogP contribution is 2.35. The molecule has 3 nitrogen and oxygen atoms in total. The summed E-state index contributed by atoms with van der Waals surface area (Å²) in [6, 6.07) is 18.9. The van der Waals surface area contributed by atoms with E-state index in [-0.39, 0.29) is 5.97 Å². The Morgan fingerprint density at radius 3 is 2.59 bits per heavy atom. The van der Waals surface area contributed by atoms with Gasteiger partial charge in [0.2, 0.25) is 6.23 Å². The van der Waals surface area contributed by atoms with Crippen LogP contribution in [0.4, 0.5) is 5.69 Å². The zero-order valence-corrected chi connectivity index (χ0v) is 12.3. The highest BCUT2D eigenvalue weighted by Gasteiger charge is 2.28. The van der Waals surface area contributed by atoms with Gasteiger partial charge in [-0.05, 0) is 29.7 Å². The summed E-state index contributed by atoms with van der Waals surface area (Å²) in [5.74, 6) is -0.316. The molecule has 0 saturated heterocycles. The van der Waals surface area contributed by atoms with Crippen LogP contribution >= 0.6 is 11.6 Å². The van der Waals surface area contributed by atoms with Gasteiger partial charge in [0, 0.05) is 21.7 Å². The van der Waals surface area contributed by atoms with Crippen LogP contribution in [0.1, 0.15) is 22.1 Å². The maximum absolute atomic E-state index is 12.3. The lowest BCUT2D eigenvalue weighted by atomic mass is 9.96. The third-order valence-corrected chi connectivity index (χ3v) is 4.02. The second-order valence-corrected chi connectivity index (χ2v) is 5.63. The number of nitrogens with one attached hydrogen (secondary N) is 1. The molecular weight excluding hydrogens is 298 g/mol. The summed E-state index contributed by atoms with van der Waals surface area (Å²) in [5.41, 5.74) is 2.37. The largest absolute Gasteiger partial charge is 0.434 e. The van der Waals surface area contributed by atoms with Gasteiger partial charge in [-0.1, -0.05) is 48.0 Å². The lowest BCUT2D eigenvalue weighted by Gasteiger charge is -2.27. The van der Waals surface area contributed by atoms with Gasteiger partial charge in [-0.25, -0.2) is 4.79 Å². The van der Waals surface area contributed by atoms with Crippen molar-refractivity contribution >= 4 is 34.0 Å². The fourth-order valence-corrected chi connectivity index (χ4v) is 3.02. The first kappa shape index (κ1) is 13.2. The molecule has 3 aromatic carbocycles. The molecule has 3 aromatic rings. The van der Waals surface area contributed by atoms with E-state index in [2.05, 4.69) is 5.32 Å². The van der Waals surface area contributed by atoms with Gasteiger partial charge < -0.3 is 10.1 Å². The lowest BCUT2D eigenvalue weighted by molar-refractivity contribution is 0.0344. The Labute approximate surface area is 132 Å². The maximum atomic E-state index is 12.3. The molecule has 4 rings (SSSR count). The number of ether oxygens (including phenoxy) is 1. The number of cyclic esters (lactones) is 1. The predicted molar refractivity (Wildman–Crippen MR) is 87.2 cm³/mol. The standard InChI is InChI=1S/C18H12ClNO2/c19-12-6-3-7-13(10-12)20-17-14-8-1-4-11-5-2-9-15(16(11)14)18(21)22-17/h1-10,17,20H. The van der Waals surface area contributed by atoms with Crippen LogP contribution in [0.15, 0.2) is 60.7 Å². The first-order valence-electron chi connectivity index (χ1n) is 6.97. The number of anilines is 1. The molecule has 0 aromatic heterocycles. The van der Waals surface area contributed by atoms with Crippen LogP contribution in [0.3, 0.4) is 0 Å². The Hall–Kier alpha value is -2.52. The molecule has 0 amide bonds. The van der Waals surface area contributed by atoms with E-state index in [4.69, 9.17) is 16.3 Å². The van der Waals surface area contributed by atoms with E-state index in [0.29, 0.717) is 10.6 Å². The fourth-order valence-electron chi connectivity index (χ4n) is 2.83. The molecule has 0 radical (unpaired) electrons. The minimum atomic E-state index is -0.524. The van der Waals surface area contributed by atoms with Crippen molar-refractivity contribution in [1.82, 2.24) is 0 Å². The summed E-state index contributed by atoms with van der Waals surface area (Å²) in [7, 11) is 0. The molecule has 0 bridgehead atoms. The van der Waals surface area contributed by atoms with Gasteiger partial charge in [0.25, 0.3) is 0 Å². The third kappa shape index (κ3) is 2.11. The predicted octanol–water partition coefficient (Wildman–Crippen LogP) is 4.77. The summed E-state index contributed by atoms with van der Waals surface area (Å²) in [6.45, 7) is 0. The van der Waals surface area contributed by atoms with Crippen LogP contribution in [-0.2, 0) is 4.74 Å². The minimum Gasteiger partial charge on any atom is -0.434 e. The van der Waals surface area contributed by atoms with Crippen molar-refractivity contribution in [2.75, 3.05) is 5.32 Å². The van der Waals surface area contributed by atoms with Crippen molar-refractivity contribution in [3.63, 3.8) is 0 Å². The van der Waals surface area contributed by atoms with Gasteiger partial charge in [-0.15, -0.1) is 0 Å². The highest BCUT2D eigenvalue weighted by molar-refractivity contribution is 6.30. The van der Waals surface area contributed by atoms with Crippen molar-refractivity contribution in [3.05, 3.63) is 76.8 Å². The smallest absolute Gasteiger partial charge is 0.340 e. The third-order valence-electron chi connectivity index (χ3n) is 3.79. The van der Waals surface area contributed by atoms with Crippen molar-refractivity contribution in [2.24, 2.45) is 0 Å². The van der Waals surface area contributed by atoms with E-state index in [1.54, 1.807) is 18.2 Å². The van der Waals surface area contributed by atoms with Crippen LogP contribution < -0.4 is 5.32 Å². The summed E-state index contributed by atoms with van der Waals surface area (Å²) in [6.07, 6.45) is -0.524. The van der Waals surface area contributed by atoms with Crippen molar-refractivity contribution in [1.29, 1.82) is 0 Å². The van der Waals surface area contributed by atoms with E-state index in [1.165, 1.54) is 0 Å². The van der Waals surface area contributed by atoms with Gasteiger partial charge in [0.05, 0.1) is 5.56 Å². The van der Waals surface area contributed by atoms with Crippen LogP contribution in [0.5, 0.6) is 0 Å². The minimum absolute atomic E-state index is 0.316. The average molecular weight is 310 g/mol. The molecule has 1 unspecified atom stereocenters. The molecule has 4 heteroatoms. The molecule has 0 fully saturated rings. The van der Waals surface area contributed by atoms with Gasteiger partial charge in [0.15, 0.2) is 0 Å². The normalized spacial score (nSPS) is 16.4. The van der Waals surface area contributed by atoms with Crippen molar-refractivity contribution in [2.45, 2.75) is 6.23 Å². The number of rotatable bonds is 2. The number of hydrogen-bond donors (Lipinski definition) is 1. The monoisotopic (exact) mass is 309 g/mol. The fraction of sp³-hybridized carbons (Fsp3) is 0.0556. The van der Waals surface area contributed by atoms with Crippen molar-refractivity contribution < 1.29 is 9.53 Å². The lowest BCUT2D eigenvalue weighted by Crippen LogP contribution is -2.23. The Kier molecular flexibility index (Phi) is 3.01. The van der Waals surface area contributed by atoms with Gasteiger partial charge in [-0.3, -0.25) is 0 Å². The van der Waals surface area contributed by atoms with Gasteiger partial charge >= 0.3 is 5.97 Å². The summed E-state index contributed by atoms with van der Waals surface area (Å²) in [5, 5.41) is 5.83. The molecule has 1 N–H and O–H groups in total. The SMILES string of the molecule is O=C1OC(Nc2cccc(Cl)c2)c2cccc3cccc1c23. The van der Waals surface area contributed by atoms with E-state index < -0.39 is 6.23 Å². The number of carbonyl (C=O) groups is 1. The number of carbonyl (C=O) groups excluding carboxylic acids is 1. The zero-order valence-electron chi connectivity index (χ0n) is 11.5. The van der Waals surface area contributed by atoms with Gasteiger partial charge in [-0.2, -0.15) is 0 Å². The highest BCUT2D eigenvalue weighted by atomic mass is 35.5. The quantitative estimate of drug-likeness (QED) is 0.693. The van der Waals surface area contributed by atoms with E-state index in [0.717, 1.165) is 22.0 Å². The maximum Gasteiger partial charge on any atom is 0.340 e. The number of benzene rings is 3. The summed E-state index contributed by atoms with van der Waals surface area (Å²) in [4.78, 5) is 12.3. The van der Waals surface area contributed by atoms with Crippen LogP contribution in [0.25, 0.3) is 10.8 Å². The Morgan fingerprint density at radius 1 is 1.00 bits per heavy atom. The van der Waals surface area contributed by atoms with Crippen LogP contribution in [0, 0.1) is 0 Å². The zero-order chi connectivity index (χ0) is 15.1. The summed E-state index contributed by atoms with van der Waals surface area (Å²) >= 11 is 6.01. The molecule has 1 aliphatic rings. The Bertz CT molecular complexity index is 886. The summed E-state index contributed by atoms with van der Waals surface area (Å²) < 4.78 is 5.55. The molecule has 0 saturated carbocycles. The van der Waals surface area contributed by atoms with Crippen LogP contribution in [-0.4, -0.2) is 5.97 Å². The first-order chi connectivity index (χ1) is 10.7. The van der Waals surface area contributed by atoms with E-state index in [1.807, 2.05) is 42.5 Å². The van der Waals surface area contributed by atoms with Crippen molar-refractivity contribution in [3.8, 4) is 0 Å². The molecule has 1 aliphatic heterocycles. The second-order valence-electron chi connectivity index (χ2n) is 5.19. The number of esters is 1. The van der Waals surface area contributed by atoms with E-state index in [9.17, 15) is 4.79 Å². The molecular formula is C18H12ClNO2. The Morgan fingerprint density at radius 2 is 1.77 bits per heavy atom. The first-order valence-corrected chi connectivity index (χ1v) is 7.35. The molecule has 108 valence electrons. The van der Waals surface area contributed by atoms with Crippen LogP contribution in [0.2, 0.25) is 5.02 Å². The number of hydrogen-bond acceptors (Lipinski definition) is 3. The van der Waals surface area contributed by atoms with Gasteiger partial charge in [0.1, 0.15) is 0 Å². The second kappa shape index (κ2) is 5.04. The van der Waals surface area contributed by atoms with E-state index >= 15 is 0 Å². The topological polar surface area (TPSA) is 38.3 Å². The molecule has 1 atom stereocenters. The average Bonchev–Trinajstić information content (AvgIpc) is 2.52. The molecule has 22 heavy (non-hydrogen) atoms. The molecule has 1 heterocycles. The molecule has 0 spiro atoms.